The van der Waals surface area contributed by atoms with Crippen LogP contribution in [0.2, 0.25) is 0 Å². The largest absolute Gasteiger partial charge is 0.352 e. The van der Waals surface area contributed by atoms with Crippen molar-refractivity contribution in [3.8, 4) is 0 Å². The number of aryl methyl sites for hydroxylation is 1. The van der Waals surface area contributed by atoms with Gasteiger partial charge >= 0.3 is 0 Å². The number of carbonyl (C=O) groups is 1. The zero-order valence-electron chi connectivity index (χ0n) is 13.7. The van der Waals surface area contributed by atoms with Crippen LogP contribution in [0.15, 0.2) is 42.7 Å². The van der Waals surface area contributed by atoms with Crippen molar-refractivity contribution in [1.82, 2.24) is 20.4 Å². The van der Waals surface area contributed by atoms with Gasteiger partial charge in [0.25, 0.3) is 0 Å². The Morgan fingerprint density at radius 1 is 1.21 bits per heavy atom. The van der Waals surface area contributed by atoms with Crippen LogP contribution in [0, 0.1) is 5.92 Å². The Kier molecular flexibility index (Phi) is 4.92. The number of nitrogens with one attached hydrogen (secondary N) is 2. The monoisotopic (exact) mass is 346 g/mol. The summed E-state index contributed by atoms with van der Waals surface area (Å²) < 4.78 is 1.80. The lowest BCUT2D eigenvalue weighted by Crippen LogP contribution is -2.36. The molecule has 0 radical (unpaired) electrons. The zero-order valence-corrected chi connectivity index (χ0v) is 14.5. The summed E-state index contributed by atoms with van der Waals surface area (Å²) in [6.45, 7) is 1.59. The maximum absolute atomic E-state index is 12.7. The van der Waals surface area contributed by atoms with Gasteiger partial charge in [0.2, 0.25) is 5.91 Å². The Hall–Kier alpha value is -1.85. The molecule has 1 aromatic heterocycles. The van der Waals surface area contributed by atoms with Gasteiger partial charge in [-0.3, -0.25) is 9.48 Å². The summed E-state index contributed by atoms with van der Waals surface area (Å²) in [5.41, 5.74) is 2.47. The van der Waals surface area contributed by atoms with E-state index in [2.05, 4.69) is 40.0 Å². The number of aromatic nitrogens is 2. The molecule has 24 heavy (non-hydrogen) atoms. The molecule has 1 aliphatic carbocycles. The van der Waals surface area contributed by atoms with E-state index in [0.29, 0.717) is 12.0 Å². The van der Waals surface area contributed by atoms with E-state index in [-0.39, 0.29) is 30.2 Å². The number of carbonyl (C=O) groups excluding carboxylic acids is 1. The first-order chi connectivity index (χ1) is 11.2. The molecule has 2 aromatic rings. The standard InChI is InChI=1S/C18H22N4O.ClH/c1-22-11-13(8-20-22)15-9-19-10-16(15)18(23)21-17-7-14(17)12-5-3-2-4-6-12;/h2-6,8,11,14-17,19H,7,9-10H2,1H3,(H,21,23);1H/t14?,15-,16+,17?;/m1./s1. The van der Waals surface area contributed by atoms with Crippen LogP contribution in [0.3, 0.4) is 0 Å². The lowest BCUT2D eigenvalue weighted by atomic mass is 9.90. The van der Waals surface area contributed by atoms with Gasteiger partial charge in [-0.2, -0.15) is 5.10 Å². The van der Waals surface area contributed by atoms with Gasteiger partial charge in [-0.25, -0.2) is 0 Å². The minimum atomic E-state index is -0.00350. The van der Waals surface area contributed by atoms with Crippen LogP contribution >= 0.6 is 12.4 Å². The average Bonchev–Trinajstić information content (AvgIpc) is 2.97. The van der Waals surface area contributed by atoms with Crippen molar-refractivity contribution in [2.45, 2.75) is 24.3 Å². The summed E-state index contributed by atoms with van der Waals surface area (Å²) in [7, 11) is 1.91. The van der Waals surface area contributed by atoms with Gasteiger partial charge < -0.3 is 10.6 Å². The van der Waals surface area contributed by atoms with Crippen molar-refractivity contribution in [2.24, 2.45) is 13.0 Å². The van der Waals surface area contributed by atoms with Crippen molar-refractivity contribution in [1.29, 1.82) is 0 Å². The van der Waals surface area contributed by atoms with Crippen LogP contribution < -0.4 is 10.6 Å². The van der Waals surface area contributed by atoms with Crippen LogP contribution in [0.4, 0.5) is 0 Å². The molecule has 128 valence electrons. The summed E-state index contributed by atoms with van der Waals surface area (Å²) in [4.78, 5) is 12.7. The molecule has 5 nitrogen and oxygen atoms in total. The SMILES string of the molecule is Cl.Cn1cc([C@H]2CNC[C@@H]2C(=O)NC2CC2c2ccccc2)cn1. The van der Waals surface area contributed by atoms with E-state index in [1.54, 1.807) is 4.68 Å². The molecule has 2 unspecified atom stereocenters. The van der Waals surface area contributed by atoms with E-state index in [4.69, 9.17) is 0 Å². The highest BCUT2D eigenvalue weighted by molar-refractivity contribution is 5.85. The fourth-order valence-electron chi connectivity index (χ4n) is 3.65. The number of benzene rings is 1. The first-order valence-electron chi connectivity index (χ1n) is 8.27. The summed E-state index contributed by atoms with van der Waals surface area (Å²) in [5.74, 6) is 0.868. The lowest BCUT2D eigenvalue weighted by Gasteiger charge is -2.17. The summed E-state index contributed by atoms with van der Waals surface area (Å²) in [6, 6.07) is 10.7. The molecule has 1 saturated heterocycles. The van der Waals surface area contributed by atoms with E-state index >= 15 is 0 Å². The second kappa shape index (κ2) is 6.95. The molecule has 1 amide bonds. The number of nitrogens with zero attached hydrogens (tertiary/aromatic N) is 2. The second-order valence-electron chi connectivity index (χ2n) is 6.69. The third-order valence-corrected chi connectivity index (χ3v) is 5.05. The van der Waals surface area contributed by atoms with Crippen molar-refractivity contribution in [2.75, 3.05) is 13.1 Å². The van der Waals surface area contributed by atoms with Gasteiger partial charge in [0.1, 0.15) is 0 Å². The summed E-state index contributed by atoms with van der Waals surface area (Å²) in [5, 5.41) is 10.8. The highest BCUT2D eigenvalue weighted by atomic mass is 35.5. The molecule has 4 rings (SSSR count). The lowest BCUT2D eigenvalue weighted by molar-refractivity contribution is -0.125. The minimum absolute atomic E-state index is 0. The smallest absolute Gasteiger partial charge is 0.225 e. The predicted octanol–water partition coefficient (Wildman–Crippen LogP) is 1.82. The molecule has 2 fully saturated rings. The van der Waals surface area contributed by atoms with Crippen molar-refractivity contribution in [3.63, 3.8) is 0 Å². The number of hydrogen-bond donors (Lipinski definition) is 2. The van der Waals surface area contributed by atoms with Crippen molar-refractivity contribution >= 4 is 18.3 Å². The second-order valence-corrected chi connectivity index (χ2v) is 6.69. The Morgan fingerprint density at radius 3 is 2.71 bits per heavy atom. The Balaban J connectivity index is 0.00000169. The molecule has 2 heterocycles. The normalized spacial score (nSPS) is 28.2. The minimum Gasteiger partial charge on any atom is -0.352 e. The van der Waals surface area contributed by atoms with Gasteiger partial charge in [-0.15, -0.1) is 12.4 Å². The third-order valence-electron chi connectivity index (χ3n) is 5.05. The fourth-order valence-corrected chi connectivity index (χ4v) is 3.65. The number of halogens is 1. The molecular formula is C18H23ClN4O. The van der Waals surface area contributed by atoms with Crippen LogP contribution in [0.5, 0.6) is 0 Å². The van der Waals surface area contributed by atoms with Gasteiger partial charge in [0.05, 0.1) is 12.1 Å². The maximum Gasteiger partial charge on any atom is 0.225 e. The van der Waals surface area contributed by atoms with Crippen LogP contribution in [0.1, 0.15) is 29.4 Å². The van der Waals surface area contributed by atoms with Gasteiger partial charge in [-0.1, -0.05) is 30.3 Å². The molecule has 6 heteroatoms. The molecule has 4 atom stereocenters. The van der Waals surface area contributed by atoms with Crippen molar-refractivity contribution in [3.05, 3.63) is 53.9 Å². The molecule has 2 aliphatic rings. The van der Waals surface area contributed by atoms with E-state index < -0.39 is 0 Å². The zero-order chi connectivity index (χ0) is 15.8. The Morgan fingerprint density at radius 2 is 2.00 bits per heavy atom. The van der Waals surface area contributed by atoms with E-state index in [0.717, 1.165) is 25.1 Å². The van der Waals surface area contributed by atoms with Crippen LogP contribution in [-0.4, -0.2) is 34.8 Å². The maximum atomic E-state index is 12.7. The van der Waals surface area contributed by atoms with Crippen molar-refractivity contribution < 1.29 is 4.79 Å². The highest BCUT2D eigenvalue weighted by Gasteiger charge is 2.42. The molecule has 0 spiro atoms. The number of amides is 1. The summed E-state index contributed by atoms with van der Waals surface area (Å²) >= 11 is 0. The molecular weight excluding hydrogens is 324 g/mol. The highest BCUT2D eigenvalue weighted by Crippen LogP contribution is 2.41. The van der Waals surface area contributed by atoms with Gasteiger partial charge in [-0.05, 0) is 17.5 Å². The third kappa shape index (κ3) is 3.32. The first-order valence-corrected chi connectivity index (χ1v) is 8.27. The molecule has 1 aromatic carbocycles. The van der Waals surface area contributed by atoms with Crippen LogP contribution in [-0.2, 0) is 11.8 Å². The molecule has 2 N–H and O–H groups in total. The Bertz CT molecular complexity index is 702. The topological polar surface area (TPSA) is 59.0 Å². The molecule has 1 aliphatic heterocycles. The molecule has 1 saturated carbocycles. The summed E-state index contributed by atoms with van der Waals surface area (Å²) in [6.07, 6.45) is 4.94. The Labute approximate surface area is 148 Å². The van der Waals surface area contributed by atoms with E-state index in [1.165, 1.54) is 5.56 Å². The van der Waals surface area contributed by atoms with Crippen LogP contribution in [0.25, 0.3) is 0 Å². The van der Waals surface area contributed by atoms with Gasteiger partial charge in [0.15, 0.2) is 0 Å². The fraction of sp³-hybridized carbons (Fsp3) is 0.444. The van der Waals surface area contributed by atoms with Gasteiger partial charge in [0, 0.05) is 44.2 Å². The quantitative estimate of drug-likeness (QED) is 0.887. The first kappa shape index (κ1) is 17.0. The number of hydrogen-bond acceptors (Lipinski definition) is 3. The molecule has 0 bridgehead atoms. The van der Waals surface area contributed by atoms with E-state index in [1.807, 2.05) is 25.5 Å². The number of rotatable bonds is 4. The predicted molar refractivity (Wildman–Crippen MR) is 95.3 cm³/mol. The van der Waals surface area contributed by atoms with E-state index in [9.17, 15) is 4.79 Å². The average molecular weight is 347 g/mol.